The molecule has 0 bridgehead atoms. The summed E-state index contributed by atoms with van der Waals surface area (Å²) >= 11 is 1.82. The summed E-state index contributed by atoms with van der Waals surface area (Å²) in [6.07, 6.45) is 1.09. The third-order valence-electron chi connectivity index (χ3n) is 4.04. The van der Waals surface area contributed by atoms with Gasteiger partial charge in [0.2, 0.25) is 11.8 Å². The number of rotatable bonds is 4. The van der Waals surface area contributed by atoms with Gasteiger partial charge in [-0.25, -0.2) is 0 Å². The van der Waals surface area contributed by atoms with E-state index in [1.54, 1.807) is 0 Å². The van der Waals surface area contributed by atoms with E-state index in [4.69, 9.17) is 4.42 Å². The number of hydrogen-bond acceptors (Lipinski definition) is 5. The molecule has 0 amide bonds. The molecule has 3 heterocycles. The standard InChI is InChI=1S/C17H17N3OS/c1-2-5-13(6-3-1)16-18-19-17(21-16)14-8-9-20(11-14)12-15-7-4-10-22-15/h1-7,10,14H,8-9,11-12H2. The van der Waals surface area contributed by atoms with E-state index in [-0.39, 0.29) is 0 Å². The summed E-state index contributed by atoms with van der Waals surface area (Å²) < 4.78 is 5.89. The Morgan fingerprint density at radius 1 is 1.14 bits per heavy atom. The van der Waals surface area contributed by atoms with Gasteiger partial charge in [-0.05, 0) is 36.5 Å². The monoisotopic (exact) mass is 311 g/mol. The normalized spacial score (nSPS) is 18.8. The van der Waals surface area contributed by atoms with E-state index in [9.17, 15) is 0 Å². The summed E-state index contributed by atoms with van der Waals surface area (Å²) in [6, 6.07) is 14.2. The summed E-state index contributed by atoms with van der Waals surface area (Å²) in [6.45, 7) is 3.10. The first-order valence-electron chi connectivity index (χ1n) is 7.52. The highest BCUT2D eigenvalue weighted by Gasteiger charge is 2.28. The molecular formula is C17H17N3OS. The predicted octanol–water partition coefficient (Wildman–Crippen LogP) is 3.79. The third-order valence-corrected chi connectivity index (χ3v) is 4.90. The van der Waals surface area contributed by atoms with Crippen molar-refractivity contribution in [3.05, 3.63) is 58.6 Å². The Morgan fingerprint density at radius 3 is 2.86 bits per heavy atom. The molecule has 0 aliphatic carbocycles. The van der Waals surface area contributed by atoms with Gasteiger partial charge in [-0.15, -0.1) is 21.5 Å². The van der Waals surface area contributed by atoms with E-state index < -0.39 is 0 Å². The largest absolute Gasteiger partial charge is 0.420 e. The zero-order valence-electron chi connectivity index (χ0n) is 12.2. The minimum atomic E-state index is 0.352. The number of benzene rings is 1. The van der Waals surface area contributed by atoms with Crippen LogP contribution >= 0.6 is 11.3 Å². The third kappa shape index (κ3) is 2.82. The molecule has 4 rings (SSSR count). The van der Waals surface area contributed by atoms with E-state index in [0.717, 1.165) is 37.5 Å². The van der Waals surface area contributed by atoms with Crippen LogP contribution in [-0.4, -0.2) is 28.2 Å². The molecule has 0 N–H and O–H groups in total. The Kier molecular flexibility index (Phi) is 3.74. The first-order valence-corrected chi connectivity index (χ1v) is 8.40. The lowest BCUT2D eigenvalue weighted by Gasteiger charge is -2.13. The van der Waals surface area contributed by atoms with Gasteiger partial charge < -0.3 is 4.42 Å². The minimum Gasteiger partial charge on any atom is -0.420 e. The molecule has 5 heteroatoms. The number of hydrogen-bond donors (Lipinski definition) is 0. The van der Waals surface area contributed by atoms with E-state index >= 15 is 0 Å². The SMILES string of the molecule is c1ccc(-c2nnc(C3CCN(Cc4cccs4)C3)o2)cc1. The van der Waals surface area contributed by atoms with Gasteiger partial charge in [0, 0.05) is 23.5 Å². The Morgan fingerprint density at radius 2 is 2.05 bits per heavy atom. The summed E-state index contributed by atoms with van der Waals surface area (Å²) in [4.78, 5) is 3.87. The fourth-order valence-corrected chi connectivity index (χ4v) is 3.64. The lowest BCUT2D eigenvalue weighted by atomic mass is 10.1. The van der Waals surface area contributed by atoms with Gasteiger partial charge in [0.1, 0.15) is 0 Å². The van der Waals surface area contributed by atoms with Crippen molar-refractivity contribution in [2.45, 2.75) is 18.9 Å². The Hall–Kier alpha value is -1.98. The summed E-state index contributed by atoms with van der Waals surface area (Å²) in [5.74, 6) is 1.74. The topological polar surface area (TPSA) is 42.2 Å². The fraction of sp³-hybridized carbons (Fsp3) is 0.294. The van der Waals surface area contributed by atoms with Crippen LogP contribution in [0.5, 0.6) is 0 Å². The molecule has 3 aromatic rings. The van der Waals surface area contributed by atoms with Crippen molar-refractivity contribution in [1.29, 1.82) is 0 Å². The van der Waals surface area contributed by atoms with Crippen molar-refractivity contribution in [3.63, 3.8) is 0 Å². The van der Waals surface area contributed by atoms with E-state index in [0.29, 0.717) is 11.8 Å². The maximum Gasteiger partial charge on any atom is 0.247 e. The van der Waals surface area contributed by atoms with Crippen molar-refractivity contribution < 1.29 is 4.42 Å². The molecule has 1 fully saturated rings. The lowest BCUT2D eigenvalue weighted by molar-refractivity contribution is 0.323. The molecule has 4 nitrogen and oxygen atoms in total. The van der Waals surface area contributed by atoms with Crippen LogP contribution in [0.2, 0.25) is 0 Å². The highest BCUT2D eigenvalue weighted by Crippen LogP contribution is 2.29. The molecule has 2 aromatic heterocycles. The second-order valence-corrected chi connectivity index (χ2v) is 6.64. The van der Waals surface area contributed by atoms with Crippen LogP contribution in [0.25, 0.3) is 11.5 Å². The van der Waals surface area contributed by atoms with Crippen molar-refractivity contribution >= 4 is 11.3 Å². The van der Waals surface area contributed by atoms with E-state index in [1.807, 2.05) is 41.7 Å². The summed E-state index contributed by atoms with van der Waals surface area (Å²) in [5.41, 5.74) is 0.981. The minimum absolute atomic E-state index is 0.352. The van der Waals surface area contributed by atoms with Gasteiger partial charge in [-0.3, -0.25) is 4.90 Å². The Balaban J connectivity index is 1.44. The van der Waals surface area contributed by atoms with Crippen LogP contribution in [0.3, 0.4) is 0 Å². The van der Waals surface area contributed by atoms with Crippen molar-refractivity contribution in [3.8, 4) is 11.5 Å². The maximum absolute atomic E-state index is 5.89. The van der Waals surface area contributed by atoms with Crippen LogP contribution in [0.4, 0.5) is 0 Å². The molecule has 112 valence electrons. The molecule has 1 unspecified atom stereocenters. The molecule has 22 heavy (non-hydrogen) atoms. The van der Waals surface area contributed by atoms with Crippen LogP contribution < -0.4 is 0 Å². The molecule has 0 radical (unpaired) electrons. The zero-order valence-corrected chi connectivity index (χ0v) is 13.0. The second kappa shape index (κ2) is 6.02. The van der Waals surface area contributed by atoms with Gasteiger partial charge in [0.25, 0.3) is 0 Å². The average Bonchev–Trinajstić information content (AvgIpc) is 3.30. The molecule has 1 atom stereocenters. The Bertz CT molecular complexity index is 723. The van der Waals surface area contributed by atoms with E-state index in [1.165, 1.54) is 4.88 Å². The first kappa shape index (κ1) is 13.7. The van der Waals surface area contributed by atoms with Crippen LogP contribution in [0.15, 0.2) is 52.3 Å². The fourth-order valence-electron chi connectivity index (χ4n) is 2.90. The average molecular weight is 311 g/mol. The highest BCUT2D eigenvalue weighted by atomic mass is 32.1. The van der Waals surface area contributed by atoms with Crippen molar-refractivity contribution in [1.82, 2.24) is 15.1 Å². The highest BCUT2D eigenvalue weighted by molar-refractivity contribution is 7.09. The maximum atomic E-state index is 5.89. The predicted molar refractivity (Wildman–Crippen MR) is 86.7 cm³/mol. The van der Waals surface area contributed by atoms with Gasteiger partial charge in [-0.1, -0.05) is 24.3 Å². The van der Waals surface area contributed by atoms with Gasteiger partial charge in [0.05, 0.1) is 5.92 Å². The molecular weight excluding hydrogens is 294 g/mol. The first-order chi connectivity index (χ1) is 10.9. The quantitative estimate of drug-likeness (QED) is 0.735. The Labute approximate surface area is 133 Å². The van der Waals surface area contributed by atoms with Crippen LogP contribution in [-0.2, 0) is 6.54 Å². The van der Waals surface area contributed by atoms with Crippen molar-refractivity contribution in [2.24, 2.45) is 0 Å². The molecule has 1 aromatic carbocycles. The lowest BCUT2D eigenvalue weighted by Crippen LogP contribution is -2.19. The number of nitrogens with zero attached hydrogens (tertiary/aromatic N) is 3. The molecule has 1 aliphatic rings. The summed E-state index contributed by atoms with van der Waals surface area (Å²) in [5, 5.41) is 10.6. The van der Waals surface area contributed by atoms with Gasteiger partial charge >= 0.3 is 0 Å². The molecule has 1 aliphatic heterocycles. The molecule has 0 spiro atoms. The van der Waals surface area contributed by atoms with Crippen LogP contribution in [0, 0.1) is 0 Å². The van der Waals surface area contributed by atoms with Gasteiger partial charge in [-0.2, -0.15) is 0 Å². The number of aromatic nitrogens is 2. The van der Waals surface area contributed by atoms with Crippen molar-refractivity contribution in [2.75, 3.05) is 13.1 Å². The van der Waals surface area contributed by atoms with Gasteiger partial charge in [0.15, 0.2) is 0 Å². The smallest absolute Gasteiger partial charge is 0.247 e. The zero-order chi connectivity index (χ0) is 14.8. The number of thiophene rings is 1. The van der Waals surface area contributed by atoms with Crippen LogP contribution in [0.1, 0.15) is 23.1 Å². The molecule has 1 saturated heterocycles. The summed E-state index contributed by atoms with van der Waals surface area (Å²) in [7, 11) is 0. The van der Waals surface area contributed by atoms with E-state index in [2.05, 4.69) is 32.6 Å². The second-order valence-electron chi connectivity index (χ2n) is 5.61. The molecule has 0 saturated carbocycles. The number of likely N-dealkylation sites (tertiary alicyclic amines) is 1.